The Morgan fingerprint density at radius 2 is 2.04 bits per heavy atom. The van der Waals surface area contributed by atoms with Gasteiger partial charge in [0.25, 0.3) is 0 Å². The molecule has 2 aliphatic heterocycles. The van der Waals surface area contributed by atoms with Crippen LogP contribution in [0.25, 0.3) is 0 Å². The summed E-state index contributed by atoms with van der Waals surface area (Å²) < 4.78 is 5.27. The van der Waals surface area contributed by atoms with Gasteiger partial charge in [-0.3, -0.25) is 9.69 Å². The molecule has 126 valence electrons. The number of carbonyl (C=O) groups excluding carboxylic acids is 1. The van der Waals surface area contributed by atoms with Gasteiger partial charge in [-0.1, -0.05) is 29.8 Å². The van der Waals surface area contributed by atoms with Crippen LogP contribution in [0.3, 0.4) is 0 Å². The summed E-state index contributed by atoms with van der Waals surface area (Å²) in [5.74, 6) is 0.820. The van der Waals surface area contributed by atoms with E-state index in [0.29, 0.717) is 12.5 Å². The first-order chi connectivity index (χ1) is 11.2. The molecule has 1 atom stereocenters. The zero-order valence-electron chi connectivity index (χ0n) is 13.5. The van der Waals surface area contributed by atoms with Crippen LogP contribution in [-0.4, -0.2) is 43.7 Å². The fourth-order valence-corrected chi connectivity index (χ4v) is 3.54. The van der Waals surface area contributed by atoms with Crippen LogP contribution in [0.4, 0.5) is 0 Å². The highest BCUT2D eigenvalue weighted by Gasteiger charge is 2.25. The lowest BCUT2D eigenvalue weighted by molar-refractivity contribution is -0.125. The van der Waals surface area contributed by atoms with Crippen LogP contribution in [0, 0.1) is 11.8 Å². The van der Waals surface area contributed by atoms with Gasteiger partial charge in [0.1, 0.15) is 0 Å². The minimum absolute atomic E-state index is 0.0651. The standard InChI is InChI=1S/C18H25ClN2O2/c19-17-4-2-1-3-15(17)12-21-8-5-14(6-9-21)11-20-18(22)16-7-10-23-13-16/h1-4,14,16H,5-13H2,(H,20,22). The van der Waals surface area contributed by atoms with Crippen molar-refractivity contribution < 1.29 is 9.53 Å². The number of carbonyl (C=O) groups is 1. The minimum Gasteiger partial charge on any atom is -0.381 e. The molecule has 2 aliphatic rings. The quantitative estimate of drug-likeness (QED) is 0.899. The Kier molecular flexibility index (Phi) is 5.92. The van der Waals surface area contributed by atoms with E-state index in [-0.39, 0.29) is 11.8 Å². The molecule has 1 aromatic rings. The molecule has 1 aromatic carbocycles. The summed E-state index contributed by atoms with van der Waals surface area (Å²) in [6.07, 6.45) is 3.12. The molecule has 5 heteroatoms. The molecule has 1 amide bonds. The maximum Gasteiger partial charge on any atom is 0.225 e. The summed E-state index contributed by atoms with van der Waals surface area (Å²) in [5.41, 5.74) is 1.20. The van der Waals surface area contributed by atoms with Gasteiger partial charge in [0.15, 0.2) is 0 Å². The molecule has 2 heterocycles. The second-order valence-corrected chi connectivity index (χ2v) is 7.02. The molecule has 0 radical (unpaired) electrons. The topological polar surface area (TPSA) is 41.6 Å². The van der Waals surface area contributed by atoms with Gasteiger partial charge in [0.2, 0.25) is 5.91 Å². The van der Waals surface area contributed by atoms with Gasteiger partial charge >= 0.3 is 0 Å². The van der Waals surface area contributed by atoms with E-state index in [1.54, 1.807) is 0 Å². The van der Waals surface area contributed by atoms with Gasteiger partial charge in [-0.2, -0.15) is 0 Å². The highest BCUT2D eigenvalue weighted by molar-refractivity contribution is 6.31. The predicted octanol–water partition coefficient (Wildman–Crippen LogP) is 2.70. The molecule has 0 aromatic heterocycles. The number of likely N-dealkylation sites (tertiary alicyclic amines) is 1. The summed E-state index contributed by atoms with van der Waals surface area (Å²) in [5, 5.41) is 3.96. The van der Waals surface area contributed by atoms with E-state index in [0.717, 1.165) is 57.1 Å². The smallest absolute Gasteiger partial charge is 0.225 e. The number of nitrogens with one attached hydrogen (secondary N) is 1. The number of hydrogen-bond acceptors (Lipinski definition) is 3. The van der Waals surface area contributed by atoms with Gasteiger partial charge in [-0.05, 0) is 49.9 Å². The van der Waals surface area contributed by atoms with Crippen molar-refractivity contribution in [3.8, 4) is 0 Å². The van der Waals surface area contributed by atoms with Crippen molar-refractivity contribution in [2.75, 3.05) is 32.8 Å². The molecule has 1 unspecified atom stereocenters. The van der Waals surface area contributed by atoms with Crippen molar-refractivity contribution in [2.24, 2.45) is 11.8 Å². The fourth-order valence-electron chi connectivity index (χ4n) is 3.35. The third kappa shape index (κ3) is 4.69. The van der Waals surface area contributed by atoms with Crippen molar-refractivity contribution >= 4 is 17.5 Å². The Morgan fingerprint density at radius 3 is 2.74 bits per heavy atom. The Balaban J connectivity index is 1.38. The molecule has 2 saturated heterocycles. The van der Waals surface area contributed by atoms with E-state index < -0.39 is 0 Å². The highest BCUT2D eigenvalue weighted by atomic mass is 35.5. The van der Waals surface area contributed by atoms with Crippen LogP contribution in [0.5, 0.6) is 0 Å². The van der Waals surface area contributed by atoms with Crippen LogP contribution in [0.2, 0.25) is 5.02 Å². The normalized spacial score (nSPS) is 23.1. The lowest BCUT2D eigenvalue weighted by Gasteiger charge is -2.32. The number of nitrogens with zero attached hydrogens (tertiary/aromatic N) is 1. The van der Waals surface area contributed by atoms with E-state index in [1.165, 1.54) is 5.56 Å². The van der Waals surface area contributed by atoms with Gasteiger partial charge in [-0.15, -0.1) is 0 Å². The SMILES string of the molecule is O=C(NCC1CCN(Cc2ccccc2Cl)CC1)C1CCOC1. The second-order valence-electron chi connectivity index (χ2n) is 6.62. The van der Waals surface area contributed by atoms with Gasteiger partial charge in [0.05, 0.1) is 12.5 Å². The van der Waals surface area contributed by atoms with Gasteiger partial charge in [-0.25, -0.2) is 0 Å². The second kappa shape index (κ2) is 8.13. The molecular weight excluding hydrogens is 312 g/mol. The van der Waals surface area contributed by atoms with Gasteiger partial charge < -0.3 is 10.1 Å². The molecule has 1 N–H and O–H groups in total. The van der Waals surface area contributed by atoms with Crippen molar-refractivity contribution in [1.82, 2.24) is 10.2 Å². The zero-order valence-corrected chi connectivity index (χ0v) is 14.2. The first kappa shape index (κ1) is 16.7. The Bertz CT molecular complexity index is 524. The van der Waals surface area contributed by atoms with E-state index in [1.807, 2.05) is 18.2 Å². The number of hydrogen-bond donors (Lipinski definition) is 1. The van der Waals surface area contributed by atoms with Crippen LogP contribution in [-0.2, 0) is 16.1 Å². The van der Waals surface area contributed by atoms with E-state index in [4.69, 9.17) is 16.3 Å². The Hall–Kier alpha value is -1.10. The van der Waals surface area contributed by atoms with Crippen molar-refractivity contribution in [3.63, 3.8) is 0 Å². The molecule has 0 aliphatic carbocycles. The molecule has 0 spiro atoms. The van der Waals surface area contributed by atoms with Crippen molar-refractivity contribution in [3.05, 3.63) is 34.9 Å². The monoisotopic (exact) mass is 336 g/mol. The van der Waals surface area contributed by atoms with Crippen LogP contribution in [0.15, 0.2) is 24.3 Å². The molecule has 3 rings (SSSR count). The lowest BCUT2D eigenvalue weighted by Crippen LogP contribution is -2.40. The number of amides is 1. The number of piperidine rings is 1. The first-order valence-electron chi connectivity index (χ1n) is 8.53. The molecular formula is C18H25ClN2O2. The molecule has 0 saturated carbocycles. The summed E-state index contributed by atoms with van der Waals surface area (Å²) in [7, 11) is 0. The number of halogens is 1. The highest BCUT2D eigenvalue weighted by Crippen LogP contribution is 2.22. The average molecular weight is 337 g/mol. The van der Waals surface area contributed by atoms with E-state index in [2.05, 4.69) is 16.3 Å². The average Bonchev–Trinajstić information content (AvgIpc) is 3.11. The largest absolute Gasteiger partial charge is 0.381 e. The number of rotatable bonds is 5. The van der Waals surface area contributed by atoms with Crippen LogP contribution < -0.4 is 5.32 Å². The van der Waals surface area contributed by atoms with Crippen LogP contribution >= 0.6 is 11.6 Å². The first-order valence-corrected chi connectivity index (χ1v) is 8.91. The summed E-state index contributed by atoms with van der Waals surface area (Å²) in [4.78, 5) is 14.5. The maximum absolute atomic E-state index is 12.0. The summed E-state index contributed by atoms with van der Waals surface area (Å²) >= 11 is 6.23. The molecule has 23 heavy (non-hydrogen) atoms. The molecule has 2 fully saturated rings. The van der Waals surface area contributed by atoms with Gasteiger partial charge in [0, 0.05) is 24.7 Å². The van der Waals surface area contributed by atoms with E-state index >= 15 is 0 Å². The maximum atomic E-state index is 12.0. The van der Waals surface area contributed by atoms with Crippen LogP contribution in [0.1, 0.15) is 24.8 Å². The number of ether oxygens (including phenoxy) is 1. The molecule has 0 bridgehead atoms. The predicted molar refractivity (Wildman–Crippen MR) is 91.4 cm³/mol. The molecule has 4 nitrogen and oxygen atoms in total. The van der Waals surface area contributed by atoms with Crippen molar-refractivity contribution in [2.45, 2.75) is 25.8 Å². The lowest BCUT2D eigenvalue weighted by atomic mass is 9.96. The third-order valence-electron chi connectivity index (χ3n) is 4.92. The Labute approximate surface area is 143 Å². The summed E-state index contributed by atoms with van der Waals surface area (Å²) in [6.45, 7) is 5.16. The zero-order chi connectivity index (χ0) is 16.1. The van der Waals surface area contributed by atoms with E-state index in [9.17, 15) is 4.79 Å². The summed E-state index contributed by atoms with van der Waals surface area (Å²) in [6, 6.07) is 8.05. The minimum atomic E-state index is 0.0651. The number of benzene rings is 1. The Morgan fingerprint density at radius 1 is 1.26 bits per heavy atom. The third-order valence-corrected chi connectivity index (χ3v) is 5.29. The van der Waals surface area contributed by atoms with Crippen molar-refractivity contribution in [1.29, 1.82) is 0 Å². The fraction of sp³-hybridized carbons (Fsp3) is 0.611.